The number of nitrogen functional groups attached to an aromatic ring is 1. The summed E-state index contributed by atoms with van der Waals surface area (Å²) in [5.74, 6) is -0.497. The van der Waals surface area contributed by atoms with Crippen LogP contribution in [0.5, 0.6) is 0 Å². The average Bonchev–Trinajstić information content (AvgIpc) is 2.04. The average molecular weight is 253 g/mol. The lowest BCUT2D eigenvalue weighted by atomic mass is 10.1. The van der Waals surface area contributed by atoms with Gasteiger partial charge in [0, 0.05) is 11.9 Å². The van der Waals surface area contributed by atoms with Crippen molar-refractivity contribution in [1.82, 2.24) is 0 Å². The van der Waals surface area contributed by atoms with Gasteiger partial charge in [-0.05, 0) is 11.6 Å². The monoisotopic (exact) mass is 253 g/mol. The van der Waals surface area contributed by atoms with Crippen molar-refractivity contribution in [2.75, 3.05) is 12.0 Å². The van der Waals surface area contributed by atoms with E-state index in [4.69, 9.17) is 5.73 Å². The van der Waals surface area contributed by atoms with Crippen molar-refractivity contribution in [1.29, 1.82) is 0 Å². The van der Waals surface area contributed by atoms with Crippen LogP contribution in [0.2, 0.25) is 0 Å². The number of halogens is 3. The Morgan fingerprint density at radius 2 is 1.88 bits per heavy atom. The highest BCUT2D eigenvalue weighted by atomic mass is 32.2. The molecule has 0 bridgehead atoms. The molecule has 1 aromatic rings. The Hall–Kier alpha value is -1.24. The molecule has 0 amide bonds. The van der Waals surface area contributed by atoms with E-state index in [-0.39, 0.29) is 5.56 Å². The van der Waals surface area contributed by atoms with Crippen LogP contribution >= 0.6 is 0 Å². The highest BCUT2D eigenvalue weighted by molar-refractivity contribution is 7.89. The summed E-state index contributed by atoms with van der Waals surface area (Å²) in [4.78, 5) is 0. The van der Waals surface area contributed by atoms with Crippen molar-refractivity contribution in [3.63, 3.8) is 0 Å². The van der Waals surface area contributed by atoms with E-state index >= 15 is 0 Å². The number of hydrogen-bond acceptors (Lipinski definition) is 3. The quantitative estimate of drug-likeness (QED) is 0.818. The predicted octanol–water partition coefficient (Wildman–Crippen LogP) is 1.83. The van der Waals surface area contributed by atoms with Crippen molar-refractivity contribution in [3.05, 3.63) is 29.3 Å². The van der Waals surface area contributed by atoms with E-state index in [0.29, 0.717) is 0 Å². The fourth-order valence-corrected chi connectivity index (χ4v) is 2.09. The topological polar surface area (TPSA) is 60.2 Å². The first-order valence-corrected chi connectivity index (χ1v) is 6.29. The van der Waals surface area contributed by atoms with Crippen LogP contribution in [0.15, 0.2) is 18.2 Å². The van der Waals surface area contributed by atoms with Crippen LogP contribution in [0.3, 0.4) is 0 Å². The molecule has 1 rings (SSSR count). The van der Waals surface area contributed by atoms with E-state index in [2.05, 4.69) is 0 Å². The van der Waals surface area contributed by atoms with Crippen LogP contribution < -0.4 is 5.73 Å². The largest absolute Gasteiger partial charge is 0.418 e. The molecular weight excluding hydrogens is 243 g/mol. The van der Waals surface area contributed by atoms with Crippen LogP contribution in [0.1, 0.15) is 11.1 Å². The first kappa shape index (κ1) is 12.8. The maximum Gasteiger partial charge on any atom is 0.418 e. The fraction of sp³-hybridized carbons (Fsp3) is 0.333. The fourth-order valence-electron chi connectivity index (χ4n) is 1.27. The van der Waals surface area contributed by atoms with Crippen molar-refractivity contribution >= 4 is 15.5 Å². The summed E-state index contributed by atoms with van der Waals surface area (Å²) < 4.78 is 59.3. The number of benzene rings is 1. The van der Waals surface area contributed by atoms with E-state index in [9.17, 15) is 21.6 Å². The normalized spacial score (nSPS) is 12.8. The Labute approximate surface area is 91.0 Å². The molecular formula is C9H10F3NO2S. The van der Waals surface area contributed by atoms with Crippen LogP contribution in [-0.2, 0) is 21.8 Å². The van der Waals surface area contributed by atoms with E-state index < -0.39 is 33.0 Å². The molecule has 0 heterocycles. The molecule has 1 aromatic carbocycles. The summed E-state index contributed by atoms with van der Waals surface area (Å²) in [6.45, 7) is 0. The minimum Gasteiger partial charge on any atom is -0.398 e. The zero-order valence-corrected chi connectivity index (χ0v) is 9.19. The molecule has 0 radical (unpaired) electrons. The summed E-state index contributed by atoms with van der Waals surface area (Å²) >= 11 is 0. The molecule has 0 aliphatic heterocycles. The van der Waals surface area contributed by atoms with Gasteiger partial charge in [0.2, 0.25) is 0 Å². The summed E-state index contributed by atoms with van der Waals surface area (Å²) in [7, 11) is -3.41. The number of alkyl halides is 3. The van der Waals surface area contributed by atoms with E-state index in [1.165, 1.54) is 6.07 Å². The number of hydrogen-bond donors (Lipinski definition) is 1. The molecule has 0 spiro atoms. The minimum atomic E-state index is -4.57. The molecule has 0 atom stereocenters. The van der Waals surface area contributed by atoms with Crippen LogP contribution in [0.4, 0.5) is 18.9 Å². The highest BCUT2D eigenvalue weighted by Gasteiger charge is 2.33. The molecule has 3 nitrogen and oxygen atoms in total. The van der Waals surface area contributed by atoms with Gasteiger partial charge in [-0.3, -0.25) is 0 Å². The summed E-state index contributed by atoms with van der Waals surface area (Å²) in [5.41, 5.74) is 3.73. The SMILES string of the molecule is CS(=O)(=O)Cc1cccc(C(F)(F)F)c1N. The third kappa shape index (κ3) is 3.13. The van der Waals surface area contributed by atoms with E-state index in [0.717, 1.165) is 18.4 Å². The third-order valence-electron chi connectivity index (χ3n) is 1.92. The molecule has 0 aromatic heterocycles. The lowest BCUT2D eigenvalue weighted by molar-refractivity contribution is -0.136. The van der Waals surface area contributed by atoms with Gasteiger partial charge in [0.25, 0.3) is 0 Å². The molecule has 2 N–H and O–H groups in total. The van der Waals surface area contributed by atoms with Gasteiger partial charge < -0.3 is 5.73 Å². The summed E-state index contributed by atoms with van der Waals surface area (Å²) in [6, 6.07) is 3.23. The molecule has 7 heteroatoms. The maximum atomic E-state index is 12.4. The number of para-hydroxylation sites is 1. The number of nitrogens with two attached hydrogens (primary N) is 1. The molecule has 90 valence electrons. The number of anilines is 1. The zero-order valence-electron chi connectivity index (χ0n) is 8.38. The third-order valence-corrected chi connectivity index (χ3v) is 2.75. The second-order valence-corrected chi connectivity index (χ2v) is 5.59. The second-order valence-electron chi connectivity index (χ2n) is 3.45. The maximum absolute atomic E-state index is 12.4. The Morgan fingerprint density at radius 3 is 2.31 bits per heavy atom. The lowest BCUT2D eigenvalue weighted by Gasteiger charge is -2.12. The van der Waals surface area contributed by atoms with E-state index in [1.54, 1.807) is 0 Å². The van der Waals surface area contributed by atoms with Gasteiger partial charge in [0.05, 0.1) is 11.3 Å². The smallest absolute Gasteiger partial charge is 0.398 e. The van der Waals surface area contributed by atoms with Gasteiger partial charge in [-0.15, -0.1) is 0 Å². The van der Waals surface area contributed by atoms with Gasteiger partial charge in [0.1, 0.15) is 0 Å². The molecule has 0 saturated heterocycles. The highest BCUT2D eigenvalue weighted by Crippen LogP contribution is 2.35. The first-order chi connectivity index (χ1) is 7.11. The Morgan fingerprint density at radius 1 is 1.31 bits per heavy atom. The molecule has 0 fully saturated rings. The molecule has 16 heavy (non-hydrogen) atoms. The standard InChI is InChI=1S/C9H10F3NO2S/c1-16(14,15)5-6-3-2-4-7(8(6)13)9(10,11)12/h2-4H,5,13H2,1H3. The van der Waals surface area contributed by atoms with Crippen molar-refractivity contribution < 1.29 is 21.6 Å². The van der Waals surface area contributed by atoms with Crippen molar-refractivity contribution in [2.45, 2.75) is 11.9 Å². The summed E-state index contributed by atoms with van der Waals surface area (Å²) in [6.07, 6.45) is -3.63. The van der Waals surface area contributed by atoms with Gasteiger partial charge in [-0.25, -0.2) is 8.42 Å². The minimum absolute atomic E-state index is 0.0303. The zero-order chi connectivity index (χ0) is 12.6. The van der Waals surface area contributed by atoms with Gasteiger partial charge >= 0.3 is 6.18 Å². The van der Waals surface area contributed by atoms with Gasteiger partial charge in [-0.1, -0.05) is 12.1 Å². The van der Waals surface area contributed by atoms with Gasteiger partial charge in [0.15, 0.2) is 9.84 Å². The molecule has 0 aliphatic rings. The van der Waals surface area contributed by atoms with Crippen LogP contribution in [-0.4, -0.2) is 14.7 Å². The van der Waals surface area contributed by atoms with Crippen molar-refractivity contribution in [3.8, 4) is 0 Å². The number of sulfone groups is 1. The number of rotatable bonds is 2. The molecule has 0 unspecified atom stereocenters. The van der Waals surface area contributed by atoms with Crippen LogP contribution in [0.25, 0.3) is 0 Å². The predicted molar refractivity (Wildman–Crippen MR) is 54.4 cm³/mol. The van der Waals surface area contributed by atoms with Crippen LogP contribution in [0, 0.1) is 0 Å². The molecule has 0 aliphatic carbocycles. The van der Waals surface area contributed by atoms with Crippen molar-refractivity contribution in [2.24, 2.45) is 0 Å². The second kappa shape index (κ2) is 3.97. The Kier molecular flexibility index (Phi) is 3.18. The Bertz CT molecular complexity index is 494. The lowest BCUT2D eigenvalue weighted by Crippen LogP contribution is -2.12. The van der Waals surface area contributed by atoms with E-state index in [1.807, 2.05) is 0 Å². The Balaban J connectivity index is 3.25. The molecule has 0 saturated carbocycles. The summed E-state index contributed by atoms with van der Waals surface area (Å²) in [5, 5.41) is 0. The van der Waals surface area contributed by atoms with Gasteiger partial charge in [-0.2, -0.15) is 13.2 Å². The first-order valence-electron chi connectivity index (χ1n) is 4.23.